The predicted molar refractivity (Wildman–Crippen MR) is 96.1 cm³/mol. The summed E-state index contributed by atoms with van der Waals surface area (Å²) in [5.74, 6) is 0.127. The molecular formula is C19H21FN4O3. The molecule has 4 rings (SSSR count). The fourth-order valence-electron chi connectivity index (χ4n) is 3.04. The van der Waals surface area contributed by atoms with Crippen molar-refractivity contribution in [2.45, 2.75) is 26.0 Å². The van der Waals surface area contributed by atoms with E-state index in [0.29, 0.717) is 43.3 Å². The fraction of sp³-hybridized carbons (Fsp3) is 0.368. The van der Waals surface area contributed by atoms with Gasteiger partial charge in [0.15, 0.2) is 5.65 Å². The predicted octanol–water partition coefficient (Wildman–Crippen LogP) is 2.27. The number of hydrogen-bond acceptors (Lipinski definition) is 6. The lowest BCUT2D eigenvalue weighted by atomic mass is 10.2. The number of aromatic amines is 1. The molecular weight excluding hydrogens is 351 g/mol. The molecule has 0 aliphatic carbocycles. The van der Waals surface area contributed by atoms with Crippen molar-refractivity contribution in [2.75, 3.05) is 19.7 Å². The zero-order valence-corrected chi connectivity index (χ0v) is 14.9. The molecule has 27 heavy (non-hydrogen) atoms. The first-order valence-corrected chi connectivity index (χ1v) is 8.80. The molecule has 0 spiro atoms. The first-order chi connectivity index (χ1) is 13.1. The Kier molecular flexibility index (Phi) is 5.13. The normalized spacial score (nSPS) is 19.4. The second-order valence-electron chi connectivity index (χ2n) is 6.62. The SMILES string of the molecule is Cc1ccc(COC(O)N2CCOC(c3nc4ncc(F)cc4[nH]3)C2)cc1. The second kappa shape index (κ2) is 7.69. The molecule has 0 radical (unpaired) electrons. The number of fused-ring (bicyclic) bond motifs is 1. The van der Waals surface area contributed by atoms with Gasteiger partial charge in [-0.2, -0.15) is 0 Å². The summed E-state index contributed by atoms with van der Waals surface area (Å²) in [4.78, 5) is 13.1. The molecule has 1 saturated heterocycles. The average molecular weight is 372 g/mol. The number of benzene rings is 1. The van der Waals surface area contributed by atoms with E-state index in [9.17, 15) is 9.50 Å². The number of H-pyrrole nitrogens is 1. The van der Waals surface area contributed by atoms with Crippen LogP contribution in [0, 0.1) is 12.7 Å². The number of hydrogen-bond donors (Lipinski definition) is 2. The Balaban J connectivity index is 1.39. The molecule has 3 aromatic rings. The van der Waals surface area contributed by atoms with Crippen molar-refractivity contribution in [1.29, 1.82) is 0 Å². The van der Waals surface area contributed by atoms with Crippen LogP contribution in [-0.4, -0.2) is 51.1 Å². The lowest BCUT2D eigenvalue weighted by Crippen LogP contribution is -2.46. The molecule has 3 heterocycles. The minimum Gasteiger partial charge on any atom is -0.368 e. The highest BCUT2D eigenvalue weighted by molar-refractivity contribution is 5.70. The van der Waals surface area contributed by atoms with Crippen LogP contribution in [0.5, 0.6) is 0 Å². The van der Waals surface area contributed by atoms with Crippen LogP contribution in [0.1, 0.15) is 23.1 Å². The Morgan fingerprint density at radius 2 is 2.22 bits per heavy atom. The van der Waals surface area contributed by atoms with Crippen LogP contribution in [0.25, 0.3) is 11.2 Å². The molecule has 2 aromatic heterocycles. The van der Waals surface area contributed by atoms with Crippen LogP contribution in [0.4, 0.5) is 4.39 Å². The highest BCUT2D eigenvalue weighted by atomic mass is 19.1. The molecule has 2 unspecified atom stereocenters. The molecule has 2 atom stereocenters. The van der Waals surface area contributed by atoms with Gasteiger partial charge in [-0.3, -0.25) is 0 Å². The Bertz CT molecular complexity index is 915. The number of ether oxygens (including phenoxy) is 2. The van der Waals surface area contributed by atoms with E-state index in [4.69, 9.17) is 9.47 Å². The van der Waals surface area contributed by atoms with Crippen molar-refractivity contribution in [3.8, 4) is 0 Å². The first kappa shape index (κ1) is 18.0. The Labute approximate surface area is 155 Å². The maximum Gasteiger partial charge on any atom is 0.216 e. The van der Waals surface area contributed by atoms with Crippen LogP contribution < -0.4 is 0 Å². The number of nitrogens with zero attached hydrogens (tertiary/aromatic N) is 3. The van der Waals surface area contributed by atoms with Gasteiger partial charge in [-0.05, 0) is 12.5 Å². The fourth-order valence-corrected chi connectivity index (χ4v) is 3.04. The van der Waals surface area contributed by atoms with Gasteiger partial charge < -0.3 is 19.6 Å². The number of rotatable bonds is 5. The monoisotopic (exact) mass is 372 g/mol. The minimum absolute atomic E-state index is 0.317. The average Bonchev–Trinajstić information content (AvgIpc) is 3.10. The molecule has 0 saturated carbocycles. The van der Waals surface area contributed by atoms with Gasteiger partial charge in [0, 0.05) is 19.2 Å². The summed E-state index contributed by atoms with van der Waals surface area (Å²) in [6.45, 7) is 3.71. The first-order valence-electron chi connectivity index (χ1n) is 8.80. The van der Waals surface area contributed by atoms with Gasteiger partial charge in [-0.25, -0.2) is 19.3 Å². The maximum atomic E-state index is 13.3. The van der Waals surface area contributed by atoms with Crippen LogP contribution in [-0.2, 0) is 16.1 Å². The summed E-state index contributed by atoms with van der Waals surface area (Å²) in [6.07, 6.45) is -0.296. The maximum absolute atomic E-state index is 13.3. The lowest BCUT2D eigenvalue weighted by molar-refractivity contribution is -0.224. The third-order valence-corrected chi connectivity index (χ3v) is 4.56. The van der Waals surface area contributed by atoms with Crippen molar-refractivity contribution in [2.24, 2.45) is 0 Å². The van der Waals surface area contributed by atoms with Crippen molar-refractivity contribution in [1.82, 2.24) is 19.9 Å². The number of aryl methyl sites for hydroxylation is 1. The summed E-state index contributed by atoms with van der Waals surface area (Å²) in [7, 11) is 0. The highest BCUT2D eigenvalue weighted by Gasteiger charge is 2.29. The standard InChI is InChI=1S/C19H21FN4O3/c1-12-2-4-13(5-3-12)11-27-19(25)24-6-7-26-16(10-24)18-22-15-8-14(20)9-21-17(15)23-18/h2-5,8-9,16,19,25H,6-7,10-11H2,1H3,(H,21,22,23). The van der Waals surface area contributed by atoms with Gasteiger partial charge in [-0.1, -0.05) is 29.8 Å². The van der Waals surface area contributed by atoms with E-state index in [0.717, 1.165) is 11.8 Å². The van der Waals surface area contributed by atoms with Gasteiger partial charge in [0.2, 0.25) is 6.41 Å². The number of morpholine rings is 1. The van der Waals surface area contributed by atoms with Gasteiger partial charge >= 0.3 is 0 Å². The zero-order chi connectivity index (χ0) is 18.8. The molecule has 1 aliphatic rings. The molecule has 1 aromatic carbocycles. The molecule has 8 heteroatoms. The third kappa shape index (κ3) is 4.14. The Hall–Kier alpha value is -2.39. The van der Waals surface area contributed by atoms with Crippen molar-refractivity contribution in [3.63, 3.8) is 0 Å². The number of aromatic nitrogens is 3. The smallest absolute Gasteiger partial charge is 0.216 e. The quantitative estimate of drug-likeness (QED) is 0.669. The zero-order valence-electron chi connectivity index (χ0n) is 14.9. The molecule has 0 bridgehead atoms. The summed E-state index contributed by atoms with van der Waals surface area (Å²) in [5, 5.41) is 10.4. The van der Waals surface area contributed by atoms with Crippen molar-refractivity contribution in [3.05, 3.63) is 59.3 Å². The third-order valence-electron chi connectivity index (χ3n) is 4.56. The lowest BCUT2D eigenvalue weighted by Gasteiger charge is -2.34. The topological polar surface area (TPSA) is 83.5 Å². The van der Waals surface area contributed by atoms with E-state index < -0.39 is 12.2 Å². The van der Waals surface area contributed by atoms with Gasteiger partial charge in [0.25, 0.3) is 0 Å². The van der Waals surface area contributed by atoms with Gasteiger partial charge in [0.1, 0.15) is 17.7 Å². The van der Waals surface area contributed by atoms with Crippen molar-refractivity contribution < 1.29 is 19.0 Å². The number of halogens is 1. The number of imidazole rings is 1. The summed E-state index contributed by atoms with van der Waals surface area (Å²) >= 11 is 0. The van der Waals surface area contributed by atoms with Crippen LogP contribution in [0.2, 0.25) is 0 Å². The van der Waals surface area contributed by atoms with E-state index in [1.165, 1.54) is 11.6 Å². The molecule has 0 amide bonds. The van der Waals surface area contributed by atoms with Gasteiger partial charge in [-0.15, -0.1) is 0 Å². The van der Waals surface area contributed by atoms with E-state index in [2.05, 4.69) is 15.0 Å². The Morgan fingerprint density at radius 3 is 3.04 bits per heavy atom. The number of aliphatic hydroxyl groups excluding tert-OH is 1. The Morgan fingerprint density at radius 1 is 1.41 bits per heavy atom. The highest BCUT2D eigenvalue weighted by Crippen LogP contribution is 2.23. The van der Waals surface area contributed by atoms with E-state index in [1.807, 2.05) is 31.2 Å². The minimum atomic E-state index is -1.04. The summed E-state index contributed by atoms with van der Waals surface area (Å²) in [6, 6.07) is 9.32. The molecule has 7 nitrogen and oxygen atoms in total. The molecule has 1 fully saturated rings. The largest absolute Gasteiger partial charge is 0.368 e. The van der Waals surface area contributed by atoms with Crippen LogP contribution in [0.3, 0.4) is 0 Å². The van der Waals surface area contributed by atoms with Crippen molar-refractivity contribution >= 4 is 11.2 Å². The van der Waals surface area contributed by atoms with E-state index >= 15 is 0 Å². The van der Waals surface area contributed by atoms with Crippen LogP contribution in [0.15, 0.2) is 36.5 Å². The number of nitrogens with one attached hydrogen (secondary N) is 1. The number of aliphatic hydroxyl groups is 1. The van der Waals surface area contributed by atoms with Gasteiger partial charge in [0.05, 0.1) is 24.9 Å². The summed E-state index contributed by atoms with van der Waals surface area (Å²) in [5.41, 5.74) is 3.12. The molecule has 142 valence electrons. The second-order valence-corrected chi connectivity index (χ2v) is 6.62. The summed E-state index contributed by atoms with van der Waals surface area (Å²) < 4.78 is 24.7. The van der Waals surface area contributed by atoms with Crippen LogP contribution >= 0.6 is 0 Å². The van der Waals surface area contributed by atoms with E-state index in [-0.39, 0.29) is 6.10 Å². The molecule has 1 aliphatic heterocycles. The number of pyridine rings is 1. The molecule has 2 N–H and O–H groups in total. The van der Waals surface area contributed by atoms with E-state index in [1.54, 1.807) is 4.90 Å².